The molecule has 5 heteroatoms. The zero-order valence-corrected chi connectivity index (χ0v) is 16.2. The fraction of sp³-hybridized carbons (Fsp3) is 0.227. The third-order valence-electron chi connectivity index (χ3n) is 5.24. The molecule has 138 valence electrons. The van der Waals surface area contributed by atoms with Gasteiger partial charge in [0.15, 0.2) is 0 Å². The van der Waals surface area contributed by atoms with Gasteiger partial charge in [0.1, 0.15) is 0 Å². The van der Waals surface area contributed by atoms with E-state index in [1.807, 2.05) is 53.4 Å². The maximum Gasteiger partial charge on any atom is 0.322 e. The number of nitrogens with one attached hydrogen (secondary N) is 1. The molecule has 1 atom stereocenters. The number of carbonyl (C=O) groups is 1. The van der Waals surface area contributed by atoms with Gasteiger partial charge in [0.2, 0.25) is 0 Å². The Morgan fingerprint density at radius 3 is 2.56 bits per heavy atom. The highest BCUT2D eigenvalue weighted by atomic mass is 35.5. The Hall–Kier alpha value is -2.72. The molecule has 0 unspecified atom stereocenters. The highest BCUT2D eigenvalue weighted by Crippen LogP contribution is 2.33. The van der Waals surface area contributed by atoms with E-state index in [-0.39, 0.29) is 12.1 Å². The van der Waals surface area contributed by atoms with Crippen molar-refractivity contribution in [3.8, 4) is 0 Å². The normalized spacial score (nSPS) is 16.1. The number of nitrogens with zero attached hydrogens (tertiary/aromatic N) is 2. The summed E-state index contributed by atoms with van der Waals surface area (Å²) in [6, 6.07) is 17.6. The van der Waals surface area contributed by atoms with Gasteiger partial charge in [-0.3, -0.25) is 0 Å². The van der Waals surface area contributed by atoms with Crippen molar-refractivity contribution in [1.82, 2.24) is 9.47 Å². The van der Waals surface area contributed by atoms with Gasteiger partial charge in [-0.05, 0) is 66.9 Å². The van der Waals surface area contributed by atoms with Gasteiger partial charge in [0.25, 0.3) is 0 Å². The van der Waals surface area contributed by atoms with Crippen LogP contribution in [0.25, 0.3) is 0 Å². The van der Waals surface area contributed by atoms with E-state index in [2.05, 4.69) is 36.0 Å². The van der Waals surface area contributed by atoms with Crippen molar-refractivity contribution in [3.05, 3.63) is 88.2 Å². The number of aromatic nitrogens is 1. The second kappa shape index (κ2) is 7.12. The summed E-state index contributed by atoms with van der Waals surface area (Å²) in [4.78, 5) is 15.0. The van der Waals surface area contributed by atoms with Crippen LogP contribution in [-0.4, -0.2) is 22.0 Å². The first-order valence-corrected chi connectivity index (χ1v) is 9.46. The Morgan fingerprint density at radius 2 is 1.81 bits per heavy atom. The second-order valence-electron chi connectivity index (χ2n) is 7.00. The second-order valence-corrected chi connectivity index (χ2v) is 7.44. The molecule has 0 saturated carbocycles. The Morgan fingerprint density at radius 1 is 1.04 bits per heavy atom. The zero-order chi connectivity index (χ0) is 19.0. The maximum absolute atomic E-state index is 13.1. The highest BCUT2D eigenvalue weighted by Gasteiger charge is 2.32. The number of hydrogen-bond donors (Lipinski definition) is 1. The number of urea groups is 1. The van der Waals surface area contributed by atoms with Crippen LogP contribution in [0.15, 0.2) is 60.8 Å². The van der Waals surface area contributed by atoms with Gasteiger partial charge < -0.3 is 14.8 Å². The van der Waals surface area contributed by atoms with Crippen molar-refractivity contribution in [2.24, 2.45) is 0 Å². The van der Waals surface area contributed by atoms with E-state index in [9.17, 15) is 4.79 Å². The summed E-state index contributed by atoms with van der Waals surface area (Å²) < 4.78 is 2.21. The van der Waals surface area contributed by atoms with Crippen LogP contribution >= 0.6 is 11.6 Å². The van der Waals surface area contributed by atoms with Gasteiger partial charge in [-0.15, -0.1) is 0 Å². The summed E-state index contributed by atoms with van der Waals surface area (Å²) in [7, 11) is 0. The summed E-state index contributed by atoms with van der Waals surface area (Å²) >= 11 is 6.07. The first-order valence-electron chi connectivity index (χ1n) is 9.08. The molecule has 1 aromatic heterocycles. The fourth-order valence-electron chi connectivity index (χ4n) is 3.61. The Balaban J connectivity index is 1.66. The lowest BCUT2D eigenvalue weighted by Gasteiger charge is -2.37. The number of rotatable bonds is 2. The van der Waals surface area contributed by atoms with Crippen LogP contribution < -0.4 is 5.32 Å². The average Bonchev–Trinajstić information content (AvgIpc) is 3.13. The van der Waals surface area contributed by atoms with Crippen molar-refractivity contribution in [2.75, 3.05) is 11.9 Å². The number of fused-ring (bicyclic) bond motifs is 1. The van der Waals surface area contributed by atoms with Crippen LogP contribution in [0.4, 0.5) is 10.5 Å². The summed E-state index contributed by atoms with van der Waals surface area (Å²) in [5, 5.41) is 3.76. The van der Waals surface area contributed by atoms with Crippen LogP contribution in [0, 0.1) is 13.8 Å². The Bertz CT molecular complexity index is 977. The molecule has 2 heterocycles. The molecule has 2 aromatic carbocycles. The molecule has 1 aliphatic heterocycles. The predicted octanol–water partition coefficient (Wildman–Crippen LogP) is 5.40. The zero-order valence-electron chi connectivity index (χ0n) is 15.4. The first kappa shape index (κ1) is 17.7. The topological polar surface area (TPSA) is 37.3 Å². The molecule has 0 radical (unpaired) electrons. The number of anilines is 1. The summed E-state index contributed by atoms with van der Waals surface area (Å²) in [6.07, 6.45) is 2.07. The quantitative estimate of drug-likeness (QED) is 0.636. The van der Waals surface area contributed by atoms with Gasteiger partial charge in [0.05, 0.1) is 6.04 Å². The lowest BCUT2D eigenvalue weighted by Crippen LogP contribution is -2.44. The molecule has 1 N–H and O–H groups in total. The maximum atomic E-state index is 13.1. The molecule has 0 spiro atoms. The molecule has 3 aromatic rings. The lowest BCUT2D eigenvalue weighted by molar-refractivity contribution is 0.182. The van der Waals surface area contributed by atoms with Crippen molar-refractivity contribution in [3.63, 3.8) is 0 Å². The largest absolute Gasteiger partial charge is 0.348 e. The molecule has 1 aliphatic rings. The predicted molar refractivity (Wildman–Crippen MR) is 109 cm³/mol. The average molecular weight is 380 g/mol. The molecule has 0 bridgehead atoms. The monoisotopic (exact) mass is 379 g/mol. The van der Waals surface area contributed by atoms with E-state index >= 15 is 0 Å². The van der Waals surface area contributed by atoms with E-state index < -0.39 is 0 Å². The lowest BCUT2D eigenvalue weighted by atomic mass is 10.0. The van der Waals surface area contributed by atoms with E-state index in [0.717, 1.165) is 29.1 Å². The van der Waals surface area contributed by atoms with Crippen LogP contribution in [0.1, 0.15) is 28.4 Å². The molecule has 2 amide bonds. The van der Waals surface area contributed by atoms with Crippen LogP contribution in [0.2, 0.25) is 5.02 Å². The third kappa shape index (κ3) is 3.45. The summed E-state index contributed by atoms with van der Waals surface area (Å²) in [5.74, 6) is 0. The molecule has 4 rings (SSSR count). The summed E-state index contributed by atoms with van der Waals surface area (Å²) in [5.41, 5.74) is 5.35. The molecule has 0 saturated heterocycles. The van der Waals surface area contributed by atoms with Crippen molar-refractivity contribution in [1.29, 1.82) is 0 Å². The number of benzene rings is 2. The number of amides is 2. The molecule has 0 aliphatic carbocycles. The van der Waals surface area contributed by atoms with E-state index in [1.165, 1.54) is 5.56 Å². The van der Waals surface area contributed by atoms with Crippen molar-refractivity contribution < 1.29 is 4.79 Å². The van der Waals surface area contributed by atoms with Crippen LogP contribution in [-0.2, 0) is 6.54 Å². The van der Waals surface area contributed by atoms with E-state index in [4.69, 9.17) is 11.6 Å². The number of aryl methyl sites for hydroxylation is 2. The number of halogens is 1. The van der Waals surface area contributed by atoms with E-state index in [0.29, 0.717) is 11.6 Å². The van der Waals surface area contributed by atoms with Gasteiger partial charge in [-0.1, -0.05) is 29.8 Å². The molecular weight excluding hydrogens is 358 g/mol. The smallest absolute Gasteiger partial charge is 0.322 e. The fourth-order valence-corrected chi connectivity index (χ4v) is 3.74. The molecule has 27 heavy (non-hydrogen) atoms. The van der Waals surface area contributed by atoms with Gasteiger partial charge in [-0.2, -0.15) is 0 Å². The first-order chi connectivity index (χ1) is 13.0. The van der Waals surface area contributed by atoms with E-state index in [1.54, 1.807) is 0 Å². The van der Waals surface area contributed by atoms with Crippen molar-refractivity contribution >= 4 is 23.3 Å². The van der Waals surface area contributed by atoms with Gasteiger partial charge in [0, 0.05) is 35.7 Å². The standard InChI is InChI=1S/C22H22ClN3O/c1-15-5-10-19(14-16(15)2)24-22(27)26-13-12-25-11-3-4-20(25)21(26)17-6-8-18(23)9-7-17/h3-11,14,21H,12-13H2,1-2H3,(H,24,27)/t21-/m0/s1. The number of carbonyl (C=O) groups excluding carboxylic acids is 1. The Kier molecular flexibility index (Phi) is 4.66. The Labute approximate surface area is 164 Å². The van der Waals surface area contributed by atoms with Crippen LogP contribution in [0.5, 0.6) is 0 Å². The van der Waals surface area contributed by atoms with Gasteiger partial charge >= 0.3 is 6.03 Å². The number of hydrogen-bond acceptors (Lipinski definition) is 1. The SMILES string of the molecule is Cc1ccc(NC(=O)N2CCn3cccc3[C@@H]2c2ccc(Cl)cc2)cc1C. The van der Waals surface area contributed by atoms with Gasteiger partial charge in [-0.25, -0.2) is 4.79 Å². The third-order valence-corrected chi connectivity index (χ3v) is 5.50. The highest BCUT2D eigenvalue weighted by molar-refractivity contribution is 6.30. The van der Waals surface area contributed by atoms with Crippen LogP contribution in [0.3, 0.4) is 0 Å². The molecular formula is C22H22ClN3O. The summed E-state index contributed by atoms with van der Waals surface area (Å²) in [6.45, 7) is 5.55. The minimum absolute atomic E-state index is 0.0920. The minimum Gasteiger partial charge on any atom is -0.348 e. The van der Waals surface area contributed by atoms with Crippen molar-refractivity contribution in [2.45, 2.75) is 26.4 Å². The molecule has 4 nitrogen and oxygen atoms in total. The minimum atomic E-state index is -0.141. The molecule has 0 fully saturated rings.